The van der Waals surface area contributed by atoms with Crippen molar-refractivity contribution in [3.63, 3.8) is 0 Å². The van der Waals surface area contributed by atoms with Crippen LogP contribution in [0.25, 0.3) is 0 Å². The van der Waals surface area contributed by atoms with E-state index in [-0.39, 0.29) is 69.9 Å². The van der Waals surface area contributed by atoms with Gasteiger partial charge in [-0.3, -0.25) is 43.3 Å². The molecule has 1 aromatic carbocycles. The van der Waals surface area contributed by atoms with Gasteiger partial charge in [-0.25, -0.2) is 9.78 Å². The number of hydrogen-bond acceptors (Lipinski definition) is 15. The fourth-order valence-corrected chi connectivity index (χ4v) is 7.80. The second kappa shape index (κ2) is 30.0. The lowest BCUT2D eigenvalue weighted by molar-refractivity contribution is -0.149. The Hall–Kier alpha value is -7.39. The summed E-state index contributed by atoms with van der Waals surface area (Å²) in [5.74, 6) is -8.28. The number of benzene rings is 1. The predicted molar refractivity (Wildman–Crippen MR) is 269 cm³/mol. The molecule has 19 N–H and O–H groups in total. The average Bonchev–Trinajstić information content (AvgIpc) is 4.06. The van der Waals surface area contributed by atoms with E-state index in [4.69, 9.17) is 22.9 Å². The lowest BCUT2D eigenvalue weighted by atomic mass is 10.0. The van der Waals surface area contributed by atoms with Gasteiger partial charge in [0.25, 0.3) is 0 Å². The third-order valence-electron chi connectivity index (χ3n) is 12.2. The molecule has 3 rings (SSSR count). The third-order valence-corrected chi connectivity index (χ3v) is 12.2. The summed E-state index contributed by atoms with van der Waals surface area (Å²) in [4.78, 5) is 134. The fourth-order valence-electron chi connectivity index (χ4n) is 7.80. The third kappa shape index (κ3) is 19.6. The maximum atomic E-state index is 14.2. The van der Waals surface area contributed by atoms with Gasteiger partial charge in [0.05, 0.1) is 12.4 Å². The Labute approximate surface area is 428 Å². The van der Waals surface area contributed by atoms with Gasteiger partial charge < -0.3 is 85.4 Å². The normalized spacial score (nSPS) is 16.9. The van der Waals surface area contributed by atoms with Crippen molar-refractivity contribution in [1.82, 2.24) is 52.1 Å². The molecule has 1 fully saturated rings. The second-order valence-electron chi connectivity index (χ2n) is 18.6. The molecule has 0 aliphatic carbocycles. The number of nitrogens with zero attached hydrogens (tertiary/aromatic N) is 3. The number of carboxylic acid groups (broad SMARTS) is 1. The zero-order chi connectivity index (χ0) is 55.2. The van der Waals surface area contributed by atoms with E-state index in [0.29, 0.717) is 30.5 Å². The molecule has 0 saturated carbocycles. The summed E-state index contributed by atoms with van der Waals surface area (Å²) in [5, 5.41) is 47.5. The molecule has 27 heteroatoms. The number of phenols is 1. The number of aliphatic carboxylic acids is 1. The van der Waals surface area contributed by atoms with Crippen molar-refractivity contribution in [3.8, 4) is 5.75 Å². The van der Waals surface area contributed by atoms with Crippen molar-refractivity contribution in [2.75, 3.05) is 19.6 Å². The van der Waals surface area contributed by atoms with Gasteiger partial charge in [-0.05, 0) is 95.9 Å². The number of aliphatic hydroxyl groups excluding tert-OH is 1. The van der Waals surface area contributed by atoms with Crippen LogP contribution in [-0.2, 0) is 56.0 Å². The smallest absolute Gasteiger partial charge is 0.326 e. The first-order valence-corrected chi connectivity index (χ1v) is 24.5. The minimum absolute atomic E-state index is 0.0298. The first-order valence-electron chi connectivity index (χ1n) is 24.5. The topological polar surface area (TPSA) is 447 Å². The van der Waals surface area contributed by atoms with Crippen molar-refractivity contribution >= 4 is 59.2 Å². The number of nitrogens with one attached hydrogen (secondary N) is 8. The van der Waals surface area contributed by atoms with E-state index in [9.17, 15) is 58.5 Å². The minimum Gasteiger partial charge on any atom is -0.508 e. The number of nitrogens with two attached hydrogens (primary N) is 4. The van der Waals surface area contributed by atoms with Crippen LogP contribution in [0.1, 0.15) is 90.8 Å². The van der Waals surface area contributed by atoms with Gasteiger partial charge in [0.15, 0.2) is 5.96 Å². The van der Waals surface area contributed by atoms with E-state index in [0.717, 1.165) is 0 Å². The van der Waals surface area contributed by atoms with Crippen molar-refractivity contribution in [2.45, 2.75) is 153 Å². The second-order valence-corrected chi connectivity index (χ2v) is 18.6. The van der Waals surface area contributed by atoms with Crippen molar-refractivity contribution in [1.29, 1.82) is 0 Å². The summed E-state index contributed by atoms with van der Waals surface area (Å²) in [6, 6.07) is -5.63. The standard InChI is InChI=1S/C47H75N15O12/c1-24(2)37(61-43(70)36(49)27(5)63)44(71)59-33(21-29-22-52-23-54-29)42(69)58-31(10-6-7-17-48)41(68)57-32(11-8-18-53-47(50)51)40(67)56-25(3)38(65)55-26(4)39(66)60-34(20-28-13-15-30(64)16-14-28)45(72)62-19-9-12-35(62)46(73)74/h13-16,22-27,31-37,63-64H,6-12,17-21,48-49H2,1-5H3,(H,52,54)(H,55,65)(H,56,67)(H,57,68)(H,58,69)(H,59,71)(H,60,66)(H,61,70)(H,73,74)(H4,50,51,53)/t25-,26-,27+,31-,32-,33-,34-,35-,36-,37-/m0/s1. The summed E-state index contributed by atoms with van der Waals surface area (Å²) in [6.45, 7) is 7.73. The molecule has 2 heterocycles. The largest absolute Gasteiger partial charge is 0.508 e. The monoisotopic (exact) mass is 1040 g/mol. The number of guanidine groups is 1. The van der Waals surface area contributed by atoms with Gasteiger partial charge in [-0.1, -0.05) is 26.0 Å². The van der Waals surface area contributed by atoms with Crippen LogP contribution in [0.15, 0.2) is 41.8 Å². The Morgan fingerprint density at radius 2 is 1.28 bits per heavy atom. The number of H-pyrrole nitrogens is 1. The van der Waals surface area contributed by atoms with Gasteiger partial charge in [0.1, 0.15) is 60.1 Å². The number of aromatic nitrogens is 2. The lowest BCUT2D eigenvalue weighted by Gasteiger charge is -2.29. The van der Waals surface area contributed by atoms with Gasteiger partial charge in [0, 0.05) is 37.8 Å². The Bertz CT molecular complexity index is 2240. The molecule has 8 amide bonds. The van der Waals surface area contributed by atoms with Gasteiger partial charge in [-0.2, -0.15) is 0 Å². The highest BCUT2D eigenvalue weighted by Gasteiger charge is 2.39. The number of hydrogen-bond donors (Lipinski definition) is 15. The Morgan fingerprint density at radius 3 is 1.84 bits per heavy atom. The highest BCUT2D eigenvalue weighted by molar-refractivity contribution is 5.98. The number of carbonyl (C=O) groups excluding carboxylic acids is 8. The summed E-state index contributed by atoms with van der Waals surface area (Å²) in [6.07, 6.45) is 2.93. The van der Waals surface area contributed by atoms with E-state index in [1.807, 2.05) is 0 Å². The molecule has 0 spiro atoms. The van der Waals surface area contributed by atoms with Crippen LogP contribution < -0.4 is 60.2 Å². The number of aromatic hydroxyl groups is 1. The van der Waals surface area contributed by atoms with Gasteiger partial charge >= 0.3 is 5.97 Å². The molecule has 410 valence electrons. The molecule has 1 aliphatic heterocycles. The van der Waals surface area contributed by atoms with E-state index in [2.05, 4.69) is 52.2 Å². The van der Waals surface area contributed by atoms with Crippen LogP contribution in [0.2, 0.25) is 0 Å². The van der Waals surface area contributed by atoms with Gasteiger partial charge in [-0.15, -0.1) is 0 Å². The van der Waals surface area contributed by atoms with E-state index >= 15 is 0 Å². The van der Waals surface area contributed by atoms with Crippen LogP contribution >= 0.6 is 0 Å². The zero-order valence-electron chi connectivity index (χ0n) is 42.5. The van der Waals surface area contributed by atoms with Crippen LogP contribution in [0.5, 0.6) is 5.75 Å². The number of aliphatic hydroxyl groups is 1. The predicted octanol–water partition coefficient (Wildman–Crippen LogP) is -4.04. The molecular formula is C47H75N15O12. The highest BCUT2D eigenvalue weighted by atomic mass is 16.4. The Kier molecular flexibility index (Phi) is 24.7. The molecule has 1 saturated heterocycles. The molecule has 0 bridgehead atoms. The number of unbranched alkanes of at least 4 members (excludes halogenated alkanes) is 1. The number of aromatic amines is 1. The van der Waals surface area contributed by atoms with Crippen LogP contribution in [0, 0.1) is 5.92 Å². The Morgan fingerprint density at radius 1 is 0.730 bits per heavy atom. The molecule has 0 unspecified atom stereocenters. The summed E-state index contributed by atoms with van der Waals surface area (Å²) >= 11 is 0. The van der Waals surface area contributed by atoms with Crippen LogP contribution in [0.3, 0.4) is 0 Å². The maximum absolute atomic E-state index is 14.2. The zero-order valence-corrected chi connectivity index (χ0v) is 42.5. The summed E-state index contributed by atoms with van der Waals surface area (Å²) in [5.41, 5.74) is 23.5. The number of carboxylic acids is 1. The molecule has 1 aromatic heterocycles. The molecule has 2 aromatic rings. The minimum atomic E-state index is -1.35. The average molecular weight is 1040 g/mol. The molecule has 27 nitrogen and oxygen atoms in total. The Balaban J connectivity index is 1.81. The summed E-state index contributed by atoms with van der Waals surface area (Å²) < 4.78 is 0. The number of aliphatic imine (C=N–C) groups is 1. The number of carbonyl (C=O) groups is 9. The molecule has 0 radical (unpaired) electrons. The maximum Gasteiger partial charge on any atom is 0.326 e. The first-order chi connectivity index (χ1) is 34.9. The number of imidazole rings is 1. The van der Waals surface area contributed by atoms with Crippen LogP contribution in [0.4, 0.5) is 0 Å². The summed E-state index contributed by atoms with van der Waals surface area (Å²) in [7, 11) is 0. The van der Waals surface area contributed by atoms with Crippen molar-refractivity contribution in [2.24, 2.45) is 33.8 Å². The first kappa shape index (κ1) is 60.9. The SMILES string of the molecule is CC(C)[C@H](NC(=O)[C@@H](N)[C@@H](C)O)C(=O)N[C@@H](Cc1cnc[nH]1)C(=O)N[C@@H](CCCCN)C(=O)N[C@@H](CCCN=C(N)N)C(=O)N[C@@H](C)C(=O)N[C@@H](C)C(=O)N[C@@H](Cc1ccc(O)cc1)C(=O)N1CCC[C@H]1C(=O)O. The highest BCUT2D eigenvalue weighted by Crippen LogP contribution is 2.21. The number of rotatable bonds is 30. The van der Waals surface area contributed by atoms with E-state index in [1.165, 1.54) is 50.3 Å². The van der Waals surface area contributed by atoms with Crippen LogP contribution in [-0.4, -0.2) is 169 Å². The molecule has 1 aliphatic rings. The lowest BCUT2D eigenvalue weighted by Crippen LogP contribution is -2.61. The van der Waals surface area contributed by atoms with E-state index < -0.39 is 120 Å². The number of amides is 8. The number of phenolic OH excluding ortho intramolecular Hbond substituents is 1. The molecule has 74 heavy (non-hydrogen) atoms. The fraction of sp³-hybridized carbons (Fsp3) is 0.596. The quantitative estimate of drug-likeness (QED) is 0.0201. The molecule has 10 atom stereocenters. The van der Waals surface area contributed by atoms with E-state index in [1.54, 1.807) is 26.0 Å². The molecular weight excluding hydrogens is 967 g/mol. The number of likely N-dealkylation sites (tertiary alicyclic amines) is 1. The van der Waals surface area contributed by atoms with Crippen molar-refractivity contribution in [3.05, 3.63) is 48.0 Å². The van der Waals surface area contributed by atoms with Gasteiger partial charge in [0.2, 0.25) is 47.3 Å². The van der Waals surface area contributed by atoms with Crippen molar-refractivity contribution < 1.29 is 58.5 Å².